The summed E-state index contributed by atoms with van der Waals surface area (Å²) in [4.78, 5) is 13.9. The third-order valence-corrected chi connectivity index (χ3v) is 3.18. The van der Waals surface area contributed by atoms with Crippen LogP contribution in [-0.2, 0) is 0 Å². The zero-order chi connectivity index (χ0) is 14.5. The number of benzene rings is 2. The molecule has 2 rings (SSSR count). The summed E-state index contributed by atoms with van der Waals surface area (Å²) in [5.74, 6) is 0. The molecule has 0 heterocycles. The van der Waals surface area contributed by atoms with Crippen LogP contribution in [0.4, 0.5) is 16.2 Å². The van der Waals surface area contributed by atoms with Crippen LogP contribution in [0.15, 0.2) is 48.5 Å². The van der Waals surface area contributed by atoms with Crippen LogP contribution in [0.3, 0.4) is 0 Å². The third-order valence-electron chi connectivity index (χ3n) is 2.74. The summed E-state index contributed by atoms with van der Waals surface area (Å²) in [6.45, 7) is 2.47. The van der Waals surface area contributed by atoms with Crippen LogP contribution in [-0.4, -0.2) is 12.6 Å². The number of hydrogen-bond acceptors (Lipinski definition) is 1. The Hall–Kier alpha value is -1.71. The second kappa shape index (κ2) is 6.64. The largest absolute Gasteiger partial charge is 0.326 e. The second-order valence-electron chi connectivity index (χ2n) is 4.17. The molecule has 0 fully saturated rings. The monoisotopic (exact) mass is 308 g/mol. The highest BCUT2D eigenvalue weighted by molar-refractivity contribution is 6.35. The number of urea groups is 1. The molecular weight excluding hydrogens is 295 g/mol. The number of hydrogen-bond donors (Lipinski definition) is 1. The zero-order valence-corrected chi connectivity index (χ0v) is 12.4. The summed E-state index contributed by atoms with van der Waals surface area (Å²) in [7, 11) is 0. The van der Waals surface area contributed by atoms with Crippen molar-refractivity contribution in [1.82, 2.24) is 0 Å². The molecule has 0 saturated carbocycles. The molecule has 0 aliphatic heterocycles. The first-order valence-corrected chi connectivity index (χ1v) is 6.95. The van der Waals surface area contributed by atoms with Crippen LogP contribution < -0.4 is 10.2 Å². The van der Waals surface area contributed by atoms with Gasteiger partial charge in [-0.15, -0.1) is 0 Å². The van der Waals surface area contributed by atoms with Crippen molar-refractivity contribution in [2.45, 2.75) is 6.92 Å². The maximum atomic E-state index is 12.3. The van der Waals surface area contributed by atoms with E-state index in [1.165, 1.54) is 0 Å². The van der Waals surface area contributed by atoms with Gasteiger partial charge in [0, 0.05) is 28.0 Å². The minimum atomic E-state index is -0.225. The van der Waals surface area contributed by atoms with Gasteiger partial charge in [-0.05, 0) is 37.3 Å². The molecule has 0 saturated heterocycles. The highest BCUT2D eigenvalue weighted by Crippen LogP contribution is 2.23. The van der Waals surface area contributed by atoms with Crippen LogP contribution in [0.1, 0.15) is 6.92 Å². The Labute approximate surface area is 128 Å². The number of anilines is 2. The van der Waals surface area contributed by atoms with E-state index in [1.807, 2.05) is 37.3 Å². The molecule has 0 unspecified atom stereocenters. The molecule has 0 aliphatic rings. The number of carbonyl (C=O) groups excluding carboxylic acids is 1. The Kier molecular flexibility index (Phi) is 4.88. The minimum absolute atomic E-state index is 0.225. The predicted octanol–water partition coefficient (Wildman–Crippen LogP) is 5.05. The van der Waals surface area contributed by atoms with Crippen molar-refractivity contribution in [3.05, 3.63) is 58.6 Å². The van der Waals surface area contributed by atoms with Gasteiger partial charge >= 0.3 is 6.03 Å². The Balaban J connectivity index is 2.18. The van der Waals surface area contributed by atoms with Crippen molar-refractivity contribution in [2.75, 3.05) is 16.8 Å². The van der Waals surface area contributed by atoms with Gasteiger partial charge in [0.05, 0.1) is 0 Å². The maximum Gasteiger partial charge on any atom is 0.326 e. The van der Waals surface area contributed by atoms with Gasteiger partial charge in [0.2, 0.25) is 0 Å². The lowest BCUT2D eigenvalue weighted by Crippen LogP contribution is -2.34. The molecule has 0 radical (unpaired) electrons. The first-order chi connectivity index (χ1) is 9.60. The maximum absolute atomic E-state index is 12.3. The van der Waals surface area contributed by atoms with Gasteiger partial charge in [0.25, 0.3) is 0 Å². The summed E-state index contributed by atoms with van der Waals surface area (Å²) >= 11 is 11.8. The number of halogens is 2. The van der Waals surface area contributed by atoms with E-state index in [2.05, 4.69) is 5.32 Å². The molecule has 1 N–H and O–H groups in total. The van der Waals surface area contributed by atoms with Crippen molar-refractivity contribution in [3.63, 3.8) is 0 Å². The molecule has 20 heavy (non-hydrogen) atoms. The number of rotatable bonds is 3. The molecule has 0 aromatic heterocycles. The van der Waals surface area contributed by atoms with Crippen molar-refractivity contribution in [2.24, 2.45) is 0 Å². The molecule has 2 amide bonds. The molecule has 2 aromatic rings. The molecule has 3 nitrogen and oxygen atoms in total. The van der Waals surface area contributed by atoms with E-state index < -0.39 is 0 Å². The summed E-state index contributed by atoms with van der Waals surface area (Å²) in [5, 5.41) is 3.76. The Bertz CT molecular complexity index is 582. The van der Waals surface area contributed by atoms with E-state index in [1.54, 1.807) is 23.1 Å². The smallest absolute Gasteiger partial charge is 0.307 e. The standard InChI is InChI=1S/C15H14Cl2N2O/c1-2-19(14-6-4-3-5-7-14)15(20)18-13-9-11(16)8-12(17)10-13/h3-10H,2H2,1H3,(H,18,20). The number of nitrogens with zero attached hydrogens (tertiary/aromatic N) is 1. The van der Waals surface area contributed by atoms with E-state index >= 15 is 0 Å². The highest BCUT2D eigenvalue weighted by atomic mass is 35.5. The number of nitrogens with one attached hydrogen (secondary N) is 1. The van der Waals surface area contributed by atoms with Crippen molar-refractivity contribution >= 4 is 40.6 Å². The Morgan fingerprint density at radius 3 is 2.25 bits per heavy atom. The first-order valence-electron chi connectivity index (χ1n) is 6.20. The second-order valence-corrected chi connectivity index (χ2v) is 5.04. The molecular formula is C15H14Cl2N2O. The number of para-hydroxylation sites is 1. The Morgan fingerprint density at radius 1 is 1.10 bits per heavy atom. The minimum Gasteiger partial charge on any atom is -0.307 e. The average molecular weight is 309 g/mol. The van der Waals surface area contributed by atoms with Crippen molar-refractivity contribution < 1.29 is 4.79 Å². The van der Waals surface area contributed by atoms with E-state index in [-0.39, 0.29) is 6.03 Å². The molecule has 0 atom stereocenters. The predicted molar refractivity (Wildman–Crippen MR) is 84.9 cm³/mol. The fourth-order valence-corrected chi connectivity index (χ4v) is 2.39. The summed E-state index contributed by atoms with van der Waals surface area (Å²) in [6.07, 6.45) is 0. The molecule has 2 aromatic carbocycles. The van der Waals surface area contributed by atoms with Crippen LogP contribution in [0.2, 0.25) is 10.0 Å². The molecule has 5 heteroatoms. The normalized spacial score (nSPS) is 10.2. The zero-order valence-electron chi connectivity index (χ0n) is 10.9. The number of amides is 2. The number of carbonyl (C=O) groups is 1. The quantitative estimate of drug-likeness (QED) is 0.845. The molecule has 0 aliphatic carbocycles. The molecule has 0 bridgehead atoms. The van der Waals surface area contributed by atoms with Gasteiger partial charge in [0.15, 0.2) is 0 Å². The van der Waals surface area contributed by atoms with Crippen molar-refractivity contribution in [3.8, 4) is 0 Å². The summed E-state index contributed by atoms with van der Waals surface area (Å²) < 4.78 is 0. The van der Waals surface area contributed by atoms with E-state index in [0.717, 1.165) is 5.69 Å². The topological polar surface area (TPSA) is 32.3 Å². The van der Waals surface area contributed by atoms with E-state index in [4.69, 9.17) is 23.2 Å². The van der Waals surface area contributed by atoms with E-state index in [9.17, 15) is 4.79 Å². The lowest BCUT2D eigenvalue weighted by molar-refractivity contribution is 0.257. The summed E-state index contributed by atoms with van der Waals surface area (Å²) in [5.41, 5.74) is 1.41. The Morgan fingerprint density at radius 2 is 1.70 bits per heavy atom. The lowest BCUT2D eigenvalue weighted by atomic mass is 10.3. The highest BCUT2D eigenvalue weighted by Gasteiger charge is 2.13. The van der Waals surface area contributed by atoms with Crippen LogP contribution >= 0.6 is 23.2 Å². The van der Waals surface area contributed by atoms with Gasteiger partial charge < -0.3 is 5.32 Å². The molecule has 104 valence electrons. The fraction of sp³-hybridized carbons (Fsp3) is 0.133. The van der Waals surface area contributed by atoms with Gasteiger partial charge in [-0.3, -0.25) is 4.90 Å². The van der Waals surface area contributed by atoms with Gasteiger partial charge in [-0.2, -0.15) is 0 Å². The average Bonchev–Trinajstić information content (AvgIpc) is 2.39. The fourth-order valence-electron chi connectivity index (χ4n) is 1.87. The first kappa shape index (κ1) is 14.7. The lowest BCUT2D eigenvalue weighted by Gasteiger charge is -2.21. The van der Waals surface area contributed by atoms with Crippen LogP contribution in [0.5, 0.6) is 0 Å². The summed E-state index contributed by atoms with van der Waals surface area (Å²) in [6, 6.07) is 14.2. The van der Waals surface area contributed by atoms with Gasteiger partial charge in [0.1, 0.15) is 0 Å². The van der Waals surface area contributed by atoms with Crippen LogP contribution in [0.25, 0.3) is 0 Å². The van der Waals surface area contributed by atoms with Crippen molar-refractivity contribution in [1.29, 1.82) is 0 Å². The van der Waals surface area contributed by atoms with Crippen LogP contribution in [0, 0.1) is 0 Å². The SMILES string of the molecule is CCN(C(=O)Nc1cc(Cl)cc(Cl)c1)c1ccccc1. The van der Waals surface area contributed by atoms with E-state index in [0.29, 0.717) is 22.3 Å². The van der Waals surface area contributed by atoms with Gasteiger partial charge in [-0.25, -0.2) is 4.79 Å². The third kappa shape index (κ3) is 3.65. The van der Waals surface area contributed by atoms with Gasteiger partial charge in [-0.1, -0.05) is 41.4 Å². The molecule has 0 spiro atoms.